The lowest BCUT2D eigenvalue weighted by Crippen LogP contribution is -2.14. The summed E-state index contributed by atoms with van der Waals surface area (Å²) in [6.45, 7) is 0.939. The Labute approximate surface area is 124 Å². The minimum absolute atomic E-state index is 0.231. The monoisotopic (exact) mass is 337 g/mol. The molecule has 0 aliphatic heterocycles. The summed E-state index contributed by atoms with van der Waals surface area (Å²) in [5.41, 5.74) is 1.76. The maximum absolute atomic E-state index is 13.4. The molecule has 2 aromatic rings. The SMILES string of the molecule is O=C(O)c1ccc(CNCc2ccccc2F)c(Br)c1. The van der Waals surface area contributed by atoms with E-state index < -0.39 is 5.97 Å². The maximum atomic E-state index is 13.4. The summed E-state index contributed by atoms with van der Waals surface area (Å²) in [6, 6.07) is 11.4. The largest absolute Gasteiger partial charge is 0.478 e. The number of nitrogens with one attached hydrogen (secondary N) is 1. The molecule has 2 aromatic carbocycles. The van der Waals surface area contributed by atoms with Crippen LogP contribution in [0.5, 0.6) is 0 Å². The van der Waals surface area contributed by atoms with Crippen molar-refractivity contribution in [3.05, 3.63) is 69.4 Å². The third kappa shape index (κ3) is 3.65. The lowest BCUT2D eigenvalue weighted by molar-refractivity contribution is 0.0697. The van der Waals surface area contributed by atoms with Gasteiger partial charge in [0.1, 0.15) is 5.82 Å². The lowest BCUT2D eigenvalue weighted by atomic mass is 10.1. The highest BCUT2D eigenvalue weighted by atomic mass is 79.9. The predicted octanol–water partition coefficient (Wildman–Crippen LogP) is 3.58. The lowest BCUT2D eigenvalue weighted by Gasteiger charge is -2.08. The molecular weight excluding hydrogens is 325 g/mol. The van der Waals surface area contributed by atoms with E-state index in [0.29, 0.717) is 18.7 Å². The van der Waals surface area contributed by atoms with E-state index in [9.17, 15) is 9.18 Å². The van der Waals surface area contributed by atoms with Gasteiger partial charge >= 0.3 is 5.97 Å². The van der Waals surface area contributed by atoms with E-state index in [1.54, 1.807) is 36.4 Å². The number of carbonyl (C=O) groups is 1. The Balaban J connectivity index is 1.98. The zero-order chi connectivity index (χ0) is 14.5. The molecule has 0 radical (unpaired) electrons. The van der Waals surface area contributed by atoms with Crippen molar-refractivity contribution in [2.75, 3.05) is 0 Å². The molecule has 0 amide bonds. The van der Waals surface area contributed by atoms with Gasteiger partial charge in [-0.1, -0.05) is 40.2 Å². The van der Waals surface area contributed by atoms with E-state index in [-0.39, 0.29) is 11.4 Å². The van der Waals surface area contributed by atoms with Crippen molar-refractivity contribution in [2.45, 2.75) is 13.1 Å². The zero-order valence-electron chi connectivity index (χ0n) is 10.6. The molecule has 0 heterocycles. The Bertz CT molecular complexity index is 631. The quantitative estimate of drug-likeness (QED) is 0.876. The molecule has 0 aromatic heterocycles. The van der Waals surface area contributed by atoms with Gasteiger partial charge in [-0.2, -0.15) is 0 Å². The molecule has 5 heteroatoms. The first-order chi connectivity index (χ1) is 9.58. The second-order valence-electron chi connectivity index (χ2n) is 4.31. The smallest absolute Gasteiger partial charge is 0.335 e. The first kappa shape index (κ1) is 14.7. The minimum Gasteiger partial charge on any atom is -0.478 e. The Morgan fingerprint density at radius 3 is 2.50 bits per heavy atom. The van der Waals surface area contributed by atoms with Gasteiger partial charge in [-0.25, -0.2) is 9.18 Å². The van der Waals surface area contributed by atoms with Gasteiger partial charge in [-0.05, 0) is 23.8 Å². The van der Waals surface area contributed by atoms with Gasteiger partial charge < -0.3 is 10.4 Å². The van der Waals surface area contributed by atoms with Gasteiger partial charge in [0.15, 0.2) is 0 Å². The Morgan fingerprint density at radius 1 is 1.15 bits per heavy atom. The molecule has 3 nitrogen and oxygen atoms in total. The molecule has 0 atom stereocenters. The van der Waals surface area contributed by atoms with Gasteiger partial charge in [-0.15, -0.1) is 0 Å². The molecule has 0 aliphatic carbocycles. The first-order valence-corrected chi connectivity index (χ1v) is 6.83. The highest BCUT2D eigenvalue weighted by Gasteiger charge is 2.07. The van der Waals surface area contributed by atoms with Crippen LogP contribution >= 0.6 is 15.9 Å². The molecule has 0 spiro atoms. The van der Waals surface area contributed by atoms with Gasteiger partial charge in [0, 0.05) is 23.1 Å². The fourth-order valence-electron chi connectivity index (χ4n) is 1.80. The number of carboxylic acid groups (broad SMARTS) is 1. The van der Waals surface area contributed by atoms with Gasteiger partial charge in [-0.3, -0.25) is 0 Å². The van der Waals surface area contributed by atoms with Crippen molar-refractivity contribution in [3.63, 3.8) is 0 Å². The molecule has 0 saturated carbocycles. The maximum Gasteiger partial charge on any atom is 0.335 e. The summed E-state index contributed by atoms with van der Waals surface area (Å²) >= 11 is 3.34. The molecule has 0 fully saturated rings. The number of aromatic carboxylic acids is 1. The molecule has 2 rings (SSSR count). The predicted molar refractivity (Wildman–Crippen MR) is 78.0 cm³/mol. The molecule has 104 valence electrons. The van der Waals surface area contributed by atoms with Crippen LogP contribution in [0.4, 0.5) is 4.39 Å². The standard InChI is InChI=1S/C15H13BrFNO2/c16-13-7-10(15(19)20)5-6-11(13)8-18-9-12-3-1-2-4-14(12)17/h1-7,18H,8-9H2,(H,19,20). The summed E-state index contributed by atoms with van der Waals surface area (Å²) in [5, 5.41) is 12.0. The topological polar surface area (TPSA) is 49.3 Å². The molecule has 20 heavy (non-hydrogen) atoms. The summed E-state index contributed by atoms with van der Waals surface area (Å²) in [6.07, 6.45) is 0. The first-order valence-electron chi connectivity index (χ1n) is 6.04. The number of hydrogen-bond acceptors (Lipinski definition) is 2. The minimum atomic E-state index is -0.962. The Hall–Kier alpha value is -1.72. The number of benzene rings is 2. The number of carboxylic acids is 1. The van der Waals surface area contributed by atoms with E-state index in [0.717, 1.165) is 10.0 Å². The average Bonchev–Trinajstić information content (AvgIpc) is 2.42. The van der Waals surface area contributed by atoms with Crippen LogP contribution in [0, 0.1) is 5.82 Å². The summed E-state index contributed by atoms with van der Waals surface area (Å²) in [5.74, 6) is -1.20. The van der Waals surface area contributed by atoms with E-state index in [1.165, 1.54) is 6.07 Å². The summed E-state index contributed by atoms with van der Waals surface area (Å²) < 4.78 is 14.1. The van der Waals surface area contributed by atoms with Crippen molar-refractivity contribution < 1.29 is 14.3 Å². The number of halogens is 2. The fourth-order valence-corrected chi connectivity index (χ4v) is 2.32. The van der Waals surface area contributed by atoms with Gasteiger partial charge in [0.2, 0.25) is 0 Å². The van der Waals surface area contributed by atoms with Crippen LogP contribution < -0.4 is 5.32 Å². The van der Waals surface area contributed by atoms with Crippen LogP contribution in [0.25, 0.3) is 0 Å². The van der Waals surface area contributed by atoms with E-state index in [4.69, 9.17) is 5.11 Å². The van der Waals surface area contributed by atoms with Crippen LogP contribution in [-0.2, 0) is 13.1 Å². The van der Waals surface area contributed by atoms with Crippen molar-refractivity contribution >= 4 is 21.9 Å². The van der Waals surface area contributed by atoms with E-state index in [2.05, 4.69) is 21.2 Å². The highest BCUT2D eigenvalue weighted by Crippen LogP contribution is 2.19. The highest BCUT2D eigenvalue weighted by molar-refractivity contribution is 9.10. The van der Waals surface area contributed by atoms with Crippen molar-refractivity contribution in [1.29, 1.82) is 0 Å². The molecule has 0 saturated heterocycles. The summed E-state index contributed by atoms with van der Waals surface area (Å²) in [4.78, 5) is 10.8. The van der Waals surface area contributed by atoms with Crippen molar-refractivity contribution in [3.8, 4) is 0 Å². The van der Waals surface area contributed by atoms with Crippen molar-refractivity contribution in [1.82, 2.24) is 5.32 Å². The van der Waals surface area contributed by atoms with Crippen molar-refractivity contribution in [2.24, 2.45) is 0 Å². The van der Waals surface area contributed by atoms with Crippen LogP contribution in [0.1, 0.15) is 21.5 Å². The van der Waals surface area contributed by atoms with Crippen LogP contribution in [0.2, 0.25) is 0 Å². The molecular formula is C15H13BrFNO2. The second kappa shape index (κ2) is 6.63. The average molecular weight is 338 g/mol. The fraction of sp³-hybridized carbons (Fsp3) is 0.133. The number of rotatable bonds is 5. The van der Waals surface area contributed by atoms with E-state index in [1.807, 2.05) is 0 Å². The molecule has 0 aliphatic rings. The molecule has 0 bridgehead atoms. The van der Waals surface area contributed by atoms with Crippen LogP contribution in [0.15, 0.2) is 46.9 Å². The molecule has 0 unspecified atom stereocenters. The Kier molecular flexibility index (Phi) is 4.87. The second-order valence-corrected chi connectivity index (χ2v) is 5.16. The molecule has 2 N–H and O–H groups in total. The van der Waals surface area contributed by atoms with Gasteiger partial charge in [0.05, 0.1) is 5.56 Å². The van der Waals surface area contributed by atoms with E-state index >= 15 is 0 Å². The van der Waals surface area contributed by atoms with Crippen LogP contribution in [0.3, 0.4) is 0 Å². The third-order valence-electron chi connectivity index (χ3n) is 2.89. The van der Waals surface area contributed by atoms with Gasteiger partial charge in [0.25, 0.3) is 0 Å². The Morgan fingerprint density at radius 2 is 1.85 bits per heavy atom. The number of hydrogen-bond donors (Lipinski definition) is 2. The normalized spacial score (nSPS) is 10.5. The summed E-state index contributed by atoms with van der Waals surface area (Å²) in [7, 11) is 0. The van der Waals surface area contributed by atoms with Crippen LogP contribution in [-0.4, -0.2) is 11.1 Å². The third-order valence-corrected chi connectivity index (χ3v) is 3.63. The zero-order valence-corrected chi connectivity index (χ0v) is 12.2.